The first kappa shape index (κ1) is 21.4. The fourth-order valence-electron chi connectivity index (χ4n) is 3.39. The van der Waals surface area contributed by atoms with Gasteiger partial charge in [-0.25, -0.2) is 13.2 Å². The Balaban J connectivity index is 1.53. The van der Waals surface area contributed by atoms with Gasteiger partial charge >= 0.3 is 5.69 Å². The maximum absolute atomic E-state index is 12.9. The van der Waals surface area contributed by atoms with Crippen molar-refractivity contribution < 1.29 is 13.2 Å². The van der Waals surface area contributed by atoms with Gasteiger partial charge in [-0.3, -0.25) is 9.52 Å². The van der Waals surface area contributed by atoms with Gasteiger partial charge in [0.1, 0.15) is 0 Å². The minimum Gasteiger partial charge on any atom is -0.351 e. The van der Waals surface area contributed by atoms with Gasteiger partial charge in [0.05, 0.1) is 27.2 Å². The minimum atomic E-state index is -3.99. The van der Waals surface area contributed by atoms with Crippen LogP contribution in [0.1, 0.15) is 28.8 Å². The molecular formula is C23H22N4O4S. The molecule has 1 atom stereocenters. The molecule has 32 heavy (non-hydrogen) atoms. The molecule has 1 aromatic heterocycles. The van der Waals surface area contributed by atoms with E-state index in [0.717, 1.165) is 5.56 Å². The number of carbonyl (C=O) groups excluding carboxylic acids is 1. The molecule has 9 heteroatoms. The van der Waals surface area contributed by atoms with Crippen molar-refractivity contribution in [3.63, 3.8) is 0 Å². The third kappa shape index (κ3) is 4.57. The Labute approximate surface area is 184 Å². The molecule has 0 saturated heterocycles. The Kier molecular flexibility index (Phi) is 5.83. The molecule has 0 saturated carbocycles. The van der Waals surface area contributed by atoms with E-state index >= 15 is 0 Å². The van der Waals surface area contributed by atoms with Crippen molar-refractivity contribution in [3.05, 3.63) is 94.4 Å². The standard InChI is InChI=1S/C23H22N4O4S/c1-15(16-7-3-2-4-8-16)14-24-22(28)18-9-5-6-10-19(18)27-32(30,31)17-11-12-20-21(13-17)26-23(29)25-20/h2-13,15,27H,14H2,1H3,(H,24,28)(H2,25,26,29). The highest BCUT2D eigenvalue weighted by Crippen LogP contribution is 2.22. The Morgan fingerprint density at radius 2 is 1.62 bits per heavy atom. The summed E-state index contributed by atoms with van der Waals surface area (Å²) < 4.78 is 28.3. The van der Waals surface area contributed by atoms with Gasteiger partial charge < -0.3 is 15.3 Å². The average Bonchev–Trinajstić information content (AvgIpc) is 3.17. The van der Waals surface area contributed by atoms with Crippen LogP contribution in [0.4, 0.5) is 5.69 Å². The molecule has 0 aliphatic heterocycles. The number of nitrogens with one attached hydrogen (secondary N) is 4. The lowest BCUT2D eigenvalue weighted by Gasteiger charge is -2.15. The molecule has 1 heterocycles. The monoisotopic (exact) mass is 450 g/mol. The van der Waals surface area contributed by atoms with Crippen LogP contribution in [0.15, 0.2) is 82.5 Å². The molecule has 4 N–H and O–H groups in total. The predicted molar refractivity (Wildman–Crippen MR) is 123 cm³/mol. The second-order valence-electron chi connectivity index (χ2n) is 7.46. The van der Waals surface area contributed by atoms with E-state index in [0.29, 0.717) is 17.6 Å². The largest absolute Gasteiger partial charge is 0.351 e. The Morgan fingerprint density at radius 1 is 0.938 bits per heavy atom. The summed E-state index contributed by atoms with van der Waals surface area (Å²) in [5, 5.41) is 2.87. The van der Waals surface area contributed by atoms with Crippen molar-refractivity contribution in [2.24, 2.45) is 0 Å². The summed E-state index contributed by atoms with van der Waals surface area (Å²) in [5.74, 6) is -0.282. The van der Waals surface area contributed by atoms with Gasteiger partial charge in [-0.1, -0.05) is 49.4 Å². The average molecular weight is 451 g/mol. The van der Waals surface area contributed by atoms with E-state index in [-0.39, 0.29) is 28.0 Å². The smallest absolute Gasteiger partial charge is 0.323 e. The molecule has 0 spiro atoms. The van der Waals surface area contributed by atoms with Crippen LogP contribution in [0.25, 0.3) is 11.0 Å². The van der Waals surface area contributed by atoms with Crippen molar-refractivity contribution in [2.75, 3.05) is 11.3 Å². The number of benzene rings is 3. The fourth-order valence-corrected chi connectivity index (χ4v) is 4.50. The number of amides is 1. The molecule has 8 nitrogen and oxygen atoms in total. The predicted octanol–water partition coefficient (Wildman–Crippen LogP) is 3.19. The highest BCUT2D eigenvalue weighted by molar-refractivity contribution is 7.92. The summed E-state index contributed by atoms with van der Waals surface area (Å²) in [6.07, 6.45) is 0. The fraction of sp³-hybridized carbons (Fsp3) is 0.130. The minimum absolute atomic E-state index is 0.0341. The number of carbonyl (C=O) groups is 1. The molecule has 0 aliphatic carbocycles. The summed E-state index contributed by atoms with van der Waals surface area (Å²) in [5.41, 5.74) is 1.93. The lowest BCUT2D eigenvalue weighted by Crippen LogP contribution is -2.28. The molecule has 1 unspecified atom stereocenters. The van der Waals surface area contributed by atoms with Crippen molar-refractivity contribution in [1.29, 1.82) is 0 Å². The maximum atomic E-state index is 12.9. The summed E-state index contributed by atoms with van der Waals surface area (Å²) >= 11 is 0. The lowest BCUT2D eigenvalue weighted by atomic mass is 10.0. The number of sulfonamides is 1. The van der Waals surface area contributed by atoms with E-state index in [9.17, 15) is 18.0 Å². The topological polar surface area (TPSA) is 124 Å². The summed E-state index contributed by atoms with van der Waals surface area (Å²) in [7, 11) is -3.99. The van der Waals surface area contributed by atoms with Crippen LogP contribution in [-0.4, -0.2) is 30.8 Å². The highest BCUT2D eigenvalue weighted by atomic mass is 32.2. The normalized spacial score (nSPS) is 12.4. The van der Waals surface area contributed by atoms with Crippen LogP contribution in [0.2, 0.25) is 0 Å². The number of hydrogen-bond acceptors (Lipinski definition) is 4. The van der Waals surface area contributed by atoms with E-state index in [2.05, 4.69) is 20.0 Å². The van der Waals surface area contributed by atoms with Crippen LogP contribution in [-0.2, 0) is 10.0 Å². The van der Waals surface area contributed by atoms with Crippen LogP contribution in [0.5, 0.6) is 0 Å². The van der Waals surface area contributed by atoms with E-state index in [1.54, 1.807) is 18.2 Å². The lowest BCUT2D eigenvalue weighted by molar-refractivity contribution is 0.0952. The number of hydrogen-bond donors (Lipinski definition) is 4. The third-order valence-corrected chi connectivity index (χ3v) is 6.51. The first-order chi connectivity index (χ1) is 15.3. The zero-order valence-electron chi connectivity index (χ0n) is 17.3. The molecule has 164 valence electrons. The van der Waals surface area contributed by atoms with E-state index in [1.165, 1.54) is 24.3 Å². The molecule has 0 radical (unpaired) electrons. The number of aromatic nitrogens is 2. The number of H-pyrrole nitrogens is 2. The number of anilines is 1. The molecule has 1 amide bonds. The van der Waals surface area contributed by atoms with E-state index in [4.69, 9.17) is 0 Å². The number of fused-ring (bicyclic) bond motifs is 1. The SMILES string of the molecule is CC(CNC(=O)c1ccccc1NS(=O)(=O)c1ccc2[nH]c(=O)[nH]c2c1)c1ccccc1. The Bertz CT molecular complexity index is 1430. The molecule has 0 aliphatic rings. The maximum Gasteiger partial charge on any atom is 0.323 e. The molecule has 4 aromatic rings. The van der Waals surface area contributed by atoms with Gasteiger partial charge in [0.2, 0.25) is 0 Å². The second kappa shape index (κ2) is 8.72. The molecule has 4 rings (SSSR count). The molecule has 0 bridgehead atoms. The zero-order chi connectivity index (χ0) is 22.7. The second-order valence-corrected chi connectivity index (χ2v) is 9.14. The van der Waals surface area contributed by atoms with Crippen molar-refractivity contribution >= 4 is 32.7 Å². The summed E-state index contributed by atoms with van der Waals surface area (Å²) in [4.78, 5) is 29.3. The summed E-state index contributed by atoms with van der Waals surface area (Å²) in [6, 6.07) is 20.5. The quantitative estimate of drug-likeness (QED) is 0.345. The van der Waals surface area contributed by atoms with Gasteiger partial charge in [-0.05, 0) is 41.8 Å². The van der Waals surface area contributed by atoms with E-state index in [1.807, 2.05) is 37.3 Å². The zero-order valence-corrected chi connectivity index (χ0v) is 18.1. The third-order valence-electron chi connectivity index (χ3n) is 5.15. The molecular weight excluding hydrogens is 428 g/mol. The van der Waals surface area contributed by atoms with Gasteiger partial charge in [0.25, 0.3) is 15.9 Å². The summed E-state index contributed by atoms with van der Waals surface area (Å²) in [6.45, 7) is 2.41. The first-order valence-electron chi connectivity index (χ1n) is 10.0. The van der Waals surface area contributed by atoms with Crippen LogP contribution >= 0.6 is 0 Å². The van der Waals surface area contributed by atoms with E-state index < -0.39 is 15.7 Å². The number of imidazole rings is 1. The van der Waals surface area contributed by atoms with Crippen LogP contribution in [0.3, 0.4) is 0 Å². The van der Waals surface area contributed by atoms with Gasteiger partial charge in [-0.2, -0.15) is 0 Å². The van der Waals surface area contributed by atoms with Crippen LogP contribution in [0, 0.1) is 0 Å². The van der Waals surface area contributed by atoms with Crippen LogP contribution < -0.4 is 15.7 Å². The first-order valence-corrected chi connectivity index (χ1v) is 11.5. The van der Waals surface area contributed by atoms with Gasteiger partial charge in [0, 0.05) is 6.54 Å². The number of para-hydroxylation sites is 1. The van der Waals surface area contributed by atoms with Gasteiger partial charge in [0.15, 0.2) is 0 Å². The Hall–Kier alpha value is -3.85. The van der Waals surface area contributed by atoms with Gasteiger partial charge in [-0.15, -0.1) is 0 Å². The highest BCUT2D eigenvalue weighted by Gasteiger charge is 2.20. The van der Waals surface area contributed by atoms with Crippen molar-refractivity contribution in [2.45, 2.75) is 17.7 Å². The molecule has 0 fully saturated rings. The number of aromatic amines is 2. The number of rotatable bonds is 7. The van der Waals surface area contributed by atoms with Crippen molar-refractivity contribution in [1.82, 2.24) is 15.3 Å². The molecule has 3 aromatic carbocycles. The van der Waals surface area contributed by atoms with Crippen molar-refractivity contribution in [3.8, 4) is 0 Å². The Morgan fingerprint density at radius 3 is 2.41 bits per heavy atom.